The normalized spacial score (nSPS) is 15.8. The second kappa shape index (κ2) is 14.1. The van der Waals surface area contributed by atoms with Crippen LogP contribution in [-0.2, 0) is 27.2 Å². The number of amides is 3. The van der Waals surface area contributed by atoms with E-state index in [0.717, 1.165) is 27.2 Å². The molecular weight excluding hydrogens is 556 g/mol. The molecule has 3 atom stereocenters. The number of ether oxygens (including phenoxy) is 2. The molecule has 0 aliphatic carbocycles. The van der Waals surface area contributed by atoms with Crippen molar-refractivity contribution in [2.24, 2.45) is 0 Å². The minimum absolute atomic E-state index is 0.0543. The summed E-state index contributed by atoms with van der Waals surface area (Å²) >= 11 is 0. The van der Waals surface area contributed by atoms with E-state index >= 15 is 0 Å². The Morgan fingerprint density at radius 3 is 2.25 bits per heavy atom. The van der Waals surface area contributed by atoms with Crippen molar-refractivity contribution < 1.29 is 29.0 Å². The van der Waals surface area contributed by atoms with Crippen molar-refractivity contribution in [3.05, 3.63) is 131 Å². The number of carbonyl (C=O) groups excluding carboxylic acids is 3. The molecule has 8 nitrogen and oxygen atoms in total. The highest BCUT2D eigenvalue weighted by molar-refractivity contribution is 5.96. The lowest BCUT2D eigenvalue weighted by Crippen LogP contribution is -2.48. The lowest BCUT2D eigenvalue weighted by atomic mass is 9.97. The predicted octanol–water partition coefficient (Wildman–Crippen LogP) is 5.65. The Morgan fingerprint density at radius 2 is 1.57 bits per heavy atom. The molecule has 1 saturated heterocycles. The molecule has 0 bridgehead atoms. The van der Waals surface area contributed by atoms with Crippen LogP contribution in [0.1, 0.15) is 40.1 Å². The Labute approximate surface area is 257 Å². The van der Waals surface area contributed by atoms with Crippen LogP contribution < -0.4 is 0 Å². The standard InChI is InChI=1S/C36H36N2O6/c1-3-43-33(35(41)38-31(24-44-36(38)42)22-25-11-6-4-7-12-25)32(39)28-19-17-27(18-20-28)30-16-10-13-26(21-30)23-37(2)34(40)29-14-8-5-9-15-29/h4-21,31-33,39H,3,22-24H2,1-2H3/t31-,32+,33-/m0/s1. The van der Waals surface area contributed by atoms with Gasteiger partial charge in [0.15, 0.2) is 6.10 Å². The van der Waals surface area contributed by atoms with Gasteiger partial charge in [-0.2, -0.15) is 0 Å². The summed E-state index contributed by atoms with van der Waals surface area (Å²) in [7, 11) is 1.78. The molecular formula is C36H36N2O6. The molecule has 5 rings (SSSR count). The van der Waals surface area contributed by atoms with Crippen LogP contribution in [-0.4, -0.2) is 65.2 Å². The molecule has 1 heterocycles. The number of aliphatic hydroxyl groups excluding tert-OH is 1. The van der Waals surface area contributed by atoms with Gasteiger partial charge in [0.1, 0.15) is 12.7 Å². The molecule has 0 unspecified atom stereocenters. The van der Waals surface area contributed by atoms with E-state index in [1.807, 2.05) is 84.9 Å². The van der Waals surface area contributed by atoms with Gasteiger partial charge in [-0.1, -0.05) is 91.0 Å². The Hall–Kier alpha value is -4.79. The number of benzene rings is 4. The summed E-state index contributed by atoms with van der Waals surface area (Å²) in [6.07, 6.45) is -2.88. The zero-order valence-corrected chi connectivity index (χ0v) is 24.8. The quantitative estimate of drug-likeness (QED) is 0.242. The first-order chi connectivity index (χ1) is 21.4. The van der Waals surface area contributed by atoms with Crippen LogP contribution in [0, 0.1) is 0 Å². The highest BCUT2D eigenvalue weighted by atomic mass is 16.6. The SMILES string of the molecule is CCO[C@H](C(=O)N1C(=O)OC[C@@H]1Cc1ccccc1)[C@H](O)c1ccc(-c2cccc(CN(C)C(=O)c3ccccc3)c2)cc1. The van der Waals surface area contributed by atoms with Gasteiger partial charge in [-0.05, 0) is 59.4 Å². The minimum atomic E-state index is -1.30. The summed E-state index contributed by atoms with van der Waals surface area (Å²) in [5.41, 5.74) is 4.92. The van der Waals surface area contributed by atoms with Crippen LogP contribution >= 0.6 is 0 Å². The zero-order valence-electron chi connectivity index (χ0n) is 24.8. The number of carbonyl (C=O) groups is 3. The van der Waals surface area contributed by atoms with Gasteiger partial charge in [-0.15, -0.1) is 0 Å². The van der Waals surface area contributed by atoms with Crippen molar-refractivity contribution >= 4 is 17.9 Å². The van der Waals surface area contributed by atoms with Crippen molar-refractivity contribution in [3.8, 4) is 11.1 Å². The van der Waals surface area contributed by atoms with Gasteiger partial charge < -0.3 is 19.5 Å². The molecule has 8 heteroatoms. The molecule has 226 valence electrons. The lowest BCUT2D eigenvalue weighted by Gasteiger charge is -2.28. The smallest absolute Gasteiger partial charge is 0.417 e. The summed E-state index contributed by atoms with van der Waals surface area (Å²) in [4.78, 5) is 41.8. The fraction of sp³-hybridized carbons (Fsp3) is 0.250. The highest BCUT2D eigenvalue weighted by Gasteiger charge is 2.43. The molecule has 1 fully saturated rings. The van der Waals surface area contributed by atoms with Gasteiger partial charge in [0.2, 0.25) is 0 Å². The maximum absolute atomic E-state index is 13.6. The van der Waals surface area contributed by atoms with E-state index < -0.39 is 30.3 Å². The van der Waals surface area contributed by atoms with Crippen LogP contribution in [0.3, 0.4) is 0 Å². The van der Waals surface area contributed by atoms with Crippen LogP contribution in [0.2, 0.25) is 0 Å². The average molecular weight is 593 g/mol. The van der Waals surface area contributed by atoms with Crippen molar-refractivity contribution in [1.29, 1.82) is 0 Å². The predicted molar refractivity (Wildman–Crippen MR) is 167 cm³/mol. The molecule has 1 aliphatic heterocycles. The van der Waals surface area contributed by atoms with Gasteiger partial charge in [0, 0.05) is 25.8 Å². The van der Waals surface area contributed by atoms with Gasteiger partial charge in [0.25, 0.3) is 11.8 Å². The second-order valence-corrected chi connectivity index (χ2v) is 10.8. The number of imide groups is 1. The van der Waals surface area contributed by atoms with Crippen LogP contribution in [0.25, 0.3) is 11.1 Å². The van der Waals surface area contributed by atoms with Crippen LogP contribution in [0.15, 0.2) is 109 Å². The second-order valence-electron chi connectivity index (χ2n) is 10.8. The van der Waals surface area contributed by atoms with Gasteiger partial charge >= 0.3 is 6.09 Å². The van der Waals surface area contributed by atoms with Crippen molar-refractivity contribution in [1.82, 2.24) is 9.80 Å². The maximum Gasteiger partial charge on any atom is 0.417 e. The number of nitrogens with zero attached hydrogens (tertiary/aromatic N) is 2. The third-order valence-corrected chi connectivity index (χ3v) is 7.69. The van der Waals surface area contributed by atoms with E-state index in [1.54, 1.807) is 43.1 Å². The molecule has 0 spiro atoms. The summed E-state index contributed by atoms with van der Waals surface area (Å²) in [6, 6.07) is 33.4. The number of hydrogen-bond acceptors (Lipinski definition) is 6. The van der Waals surface area contributed by atoms with Gasteiger partial charge in [-0.3, -0.25) is 9.59 Å². The number of aliphatic hydroxyl groups is 1. The first-order valence-corrected chi connectivity index (χ1v) is 14.7. The maximum atomic E-state index is 13.6. The Kier molecular flexibility index (Phi) is 9.84. The number of cyclic esters (lactones) is 1. The third-order valence-electron chi connectivity index (χ3n) is 7.69. The molecule has 0 aromatic heterocycles. The molecule has 0 saturated carbocycles. The monoisotopic (exact) mass is 592 g/mol. The Bertz CT molecular complexity index is 1580. The van der Waals surface area contributed by atoms with E-state index in [9.17, 15) is 19.5 Å². The fourth-order valence-corrected chi connectivity index (χ4v) is 5.42. The van der Waals surface area contributed by atoms with Crippen molar-refractivity contribution in [2.75, 3.05) is 20.3 Å². The summed E-state index contributed by atoms with van der Waals surface area (Å²) in [5.74, 6) is -0.685. The van der Waals surface area contributed by atoms with Crippen LogP contribution in [0.4, 0.5) is 4.79 Å². The topological polar surface area (TPSA) is 96.4 Å². The zero-order chi connectivity index (χ0) is 31.1. The van der Waals surface area contributed by atoms with Crippen molar-refractivity contribution in [2.45, 2.75) is 38.1 Å². The minimum Gasteiger partial charge on any atom is -0.447 e. The van der Waals surface area contributed by atoms with E-state index in [-0.39, 0.29) is 19.1 Å². The molecule has 0 radical (unpaired) electrons. The molecule has 4 aromatic rings. The molecule has 44 heavy (non-hydrogen) atoms. The largest absolute Gasteiger partial charge is 0.447 e. The Balaban J connectivity index is 1.29. The molecule has 1 aliphatic rings. The van der Waals surface area contributed by atoms with Crippen LogP contribution in [0.5, 0.6) is 0 Å². The van der Waals surface area contributed by atoms with E-state index in [4.69, 9.17) is 9.47 Å². The van der Waals surface area contributed by atoms with E-state index in [1.165, 1.54) is 0 Å². The highest BCUT2D eigenvalue weighted by Crippen LogP contribution is 2.28. The third kappa shape index (κ3) is 7.05. The summed E-state index contributed by atoms with van der Waals surface area (Å²) in [5, 5.41) is 11.3. The number of rotatable bonds is 11. The summed E-state index contributed by atoms with van der Waals surface area (Å²) < 4.78 is 10.9. The van der Waals surface area contributed by atoms with E-state index in [0.29, 0.717) is 24.1 Å². The summed E-state index contributed by atoms with van der Waals surface area (Å²) in [6.45, 7) is 2.43. The number of hydrogen-bond donors (Lipinski definition) is 1. The Morgan fingerprint density at radius 1 is 0.909 bits per heavy atom. The van der Waals surface area contributed by atoms with E-state index in [2.05, 4.69) is 0 Å². The molecule has 3 amide bonds. The molecule has 1 N–H and O–H groups in total. The first-order valence-electron chi connectivity index (χ1n) is 14.7. The lowest BCUT2D eigenvalue weighted by molar-refractivity contribution is -0.149. The van der Waals surface area contributed by atoms with Gasteiger partial charge in [0.05, 0.1) is 6.04 Å². The first kappa shape index (κ1) is 30.7. The van der Waals surface area contributed by atoms with Crippen molar-refractivity contribution in [3.63, 3.8) is 0 Å². The molecule has 4 aromatic carbocycles. The average Bonchev–Trinajstić information content (AvgIpc) is 3.42. The van der Waals surface area contributed by atoms with Gasteiger partial charge in [-0.25, -0.2) is 9.69 Å². The fourth-order valence-electron chi connectivity index (χ4n) is 5.42.